The van der Waals surface area contributed by atoms with Gasteiger partial charge in [-0.25, -0.2) is 4.52 Å². The Bertz CT molecular complexity index is 521. The molecule has 0 N–H and O–H groups in total. The van der Waals surface area contributed by atoms with E-state index in [-0.39, 0.29) is 0 Å². The lowest BCUT2D eigenvalue weighted by molar-refractivity contribution is 0.936. The minimum Gasteiger partial charge on any atom is -0.371 e. The summed E-state index contributed by atoms with van der Waals surface area (Å²) >= 11 is 0. The van der Waals surface area contributed by atoms with Crippen molar-refractivity contribution in [3.63, 3.8) is 0 Å². The highest BCUT2D eigenvalue weighted by Crippen LogP contribution is 2.23. The number of pyridine rings is 1. The largest absolute Gasteiger partial charge is 0.371 e. The van der Waals surface area contributed by atoms with Crippen LogP contribution in [0.1, 0.15) is 18.4 Å². The number of hydrogen-bond acceptors (Lipinski definition) is 2. The maximum Gasteiger partial charge on any atom is 0.0754 e. The van der Waals surface area contributed by atoms with E-state index >= 15 is 0 Å². The zero-order valence-electron chi connectivity index (χ0n) is 9.26. The van der Waals surface area contributed by atoms with Gasteiger partial charge in [0.1, 0.15) is 0 Å². The highest BCUT2D eigenvalue weighted by atomic mass is 15.2. The number of fused-ring (bicyclic) bond motifs is 1. The lowest BCUT2D eigenvalue weighted by Gasteiger charge is -2.17. The third-order valence-corrected chi connectivity index (χ3v) is 3.23. The molecular formula is C13H15N3. The van der Waals surface area contributed by atoms with Crippen molar-refractivity contribution in [2.45, 2.75) is 12.8 Å². The van der Waals surface area contributed by atoms with E-state index < -0.39 is 0 Å². The van der Waals surface area contributed by atoms with Crippen molar-refractivity contribution in [2.75, 3.05) is 18.0 Å². The third-order valence-electron chi connectivity index (χ3n) is 3.23. The van der Waals surface area contributed by atoms with E-state index in [4.69, 9.17) is 0 Å². The predicted octanol–water partition coefficient (Wildman–Crippen LogP) is 2.58. The third kappa shape index (κ3) is 1.40. The molecule has 0 atom stereocenters. The Morgan fingerprint density at radius 2 is 2.12 bits per heavy atom. The molecule has 0 bridgehead atoms. The summed E-state index contributed by atoms with van der Waals surface area (Å²) in [6, 6.07) is 4.34. The fraction of sp³-hybridized carbons (Fsp3) is 0.308. The normalized spacial score (nSPS) is 15.9. The second-order valence-corrected chi connectivity index (χ2v) is 4.21. The molecular weight excluding hydrogens is 198 g/mol. The Hall–Kier alpha value is -1.77. The van der Waals surface area contributed by atoms with Crippen molar-refractivity contribution in [1.29, 1.82) is 0 Å². The Kier molecular flexibility index (Phi) is 2.17. The number of nitrogens with zero attached hydrogens (tertiary/aromatic N) is 3. The summed E-state index contributed by atoms with van der Waals surface area (Å²) in [6.07, 6.45) is 8.35. The highest BCUT2D eigenvalue weighted by Gasteiger charge is 2.13. The van der Waals surface area contributed by atoms with E-state index in [0.29, 0.717) is 0 Å². The van der Waals surface area contributed by atoms with Gasteiger partial charge in [-0.2, -0.15) is 5.10 Å². The molecule has 0 unspecified atom stereocenters. The number of hydrogen-bond donors (Lipinski definition) is 0. The van der Waals surface area contributed by atoms with E-state index in [1.807, 2.05) is 23.0 Å². The first-order valence-corrected chi connectivity index (χ1v) is 5.73. The SMILES string of the molecule is C=Cc1cnn2ccc(N3CCCC3)cc12. The Balaban J connectivity index is 2.09. The zero-order valence-corrected chi connectivity index (χ0v) is 9.26. The summed E-state index contributed by atoms with van der Waals surface area (Å²) in [5.74, 6) is 0. The summed E-state index contributed by atoms with van der Waals surface area (Å²) in [5, 5.41) is 4.28. The lowest BCUT2D eigenvalue weighted by atomic mass is 10.2. The minimum absolute atomic E-state index is 1.10. The number of rotatable bonds is 2. The van der Waals surface area contributed by atoms with Crippen molar-refractivity contribution >= 4 is 17.3 Å². The summed E-state index contributed by atoms with van der Waals surface area (Å²) in [5.41, 5.74) is 3.54. The average Bonchev–Trinajstić information content (AvgIpc) is 2.97. The van der Waals surface area contributed by atoms with E-state index in [1.54, 1.807) is 0 Å². The molecule has 0 aliphatic carbocycles. The molecule has 3 nitrogen and oxygen atoms in total. The van der Waals surface area contributed by atoms with Gasteiger partial charge < -0.3 is 4.90 Å². The van der Waals surface area contributed by atoms with Gasteiger partial charge in [0.25, 0.3) is 0 Å². The van der Waals surface area contributed by atoms with Crippen LogP contribution in [-0.4, -0.2) is 22.7 Å². The predicted molar refractivity (Wildman–Crippen MR) is 66.7 cm³/mol. The molecule has 0 saturated carbocycles. The monoisotopic (exact) mass is 213 g/mol. The van der Waals surface area contributed by atoms with E-state index in [9.17, 15) is 0 Å². The van der Waals surface area contributed by atoms with Gasteiger partial charge in [-0.05, 0) is 25.0 Å². The molecule has 0 radical (unpaired) electrons. The van der Waals surface area contributed by atoms with Crippen LogP contribution < -0.4 is 4.90 Å². The van der Waals surface area contributed by atoms with Gasteiger partial charge in [-0.15, -0.1) is 0 Å². The second-order valence-electron chi connectivity index (χ2n) is 4.21. The minimum atomic E-state index is 1.10. The standard InChI is InChI=1S/C13H15N3/c1-2-11-10-14-16-8-5-12(9-13(11)16)15-6-3-4-7-15/h2,5,8-10H,1,3-4,6-7H2. The quantitative estimate of drug-likeness (QED) is 0.764. The molecule has 16 heavy (non-hydrogen) atoms. The Morgan fingerprint density at radius 3 is 2.88 bits per heavy atom. The van der Waals surface area contributed by atoms with Crippen LogP contribution in [0.4, 0.5) is 5.69 Å². The van der Waals surface area contributed by atoms with Gasteiger partial charge in [-0.1, -0.05) is 12.7 Å². The van der Waals surface area contributed by atoms with Gasteiger partial charge >= 0.3 is 0 Å². The fourth-order valence-corrected chi connectivity index (χ4v) is 2.32. The van der Waals surface area contributed by atoms with Crippen LogP contribution in [0, 0.1) is 0 Å². The molecule has 0 spiro atoms. The van der Waals surface area contributed by atoms with Crippen molar-refractivity contribution in [2.24, 2.45) is 0 Å². The second kappa shape index (κ2) is 3.67. The van der Waals surface area contributed by atoms with Crippen LogP contribution in [0.3, 0.4) is 0 Å². The Labute approximate surface area is 95.0 Å². The van der Waals surface area contributed by atoms with Gasteiger partial charge in [0.2, 0.25) is 0 Å². The molecule has 1 aliphatic rings. The van der Waals surface area contributed by atoms with Crippen molar-refractivity contribution in [3.05, 3.63) is 36.7 Å². The summed E-state index contributed by atoms with van der Waals surface area (Å²) < 4.78 is 1.90. The summed E-state index contributed by atoms with van der Waals surface area (Å²) in [4.78, 5) is 2.43. The maximum atomic E-state index is 4.28. The van der Waals surface area contributed by atoms with Crippen LogP contribution in [0.15, 0.2) is 31.1 Å². The van der Waals surface area contributed by atoms with Crippen molar-refractivity contribution in [3.8, 4) is 0 Å². The van der Waals surface area contributed by atoms with E-state index in [1.165, 1.54) is 31.6 Å². The smallest absolute Gasteiger partial charge is 0.0754 e. The number of anilines is 1. The molecule has 1 fully saturated rings. The van der Waals surface area contributed by atoms with E-state index in [2.05, 4.69) is 28.7 Å². The van der Waals surface area contributed by atoms with Crippen molar-refractivity contribution < 1.29 is 0 Å². The fourth-order valence-electron chi connectivity index (χ4n) is 2.32. The molecule has 1 aliphatic heterocycles. The first kappa shape index (κ1) is 9.46. The first-order valence-electron chi connectivity index (χ1n) is 5.73. The highest BCUT2D eigenvalue weighted by molar-refractivity contribution is 5.71. The van der Waals surface area contributed by atoms with Crippen LogP contribution in [0.2, 0.25) is 0 Å². The van der Waals surface area contributed by atoms with Gasteiger partial charge in [0.15, 0.2) is 0 Å². The molecule has 82 valence electrons. The van der Waals surface area contributed by atoms with Gasteiger partial charge in [0, 0.05) is 30.5 Å². The van der Waals surface area contributed by atoms with Crippen LogP contribution >= 0.6 is 0 Å². The van der Waals surface area contributed by atoms with Gasteiger partial charge in [-0.3, -0.25) is 0 Å². The van der Waals surface area contributed by atoms with Crippen LogP contribution in [0.25, 0.3) is 11.6 Å². The zero-order chi connectivity index (χ0) is 11.0. The molecule has 0 amide bonds. The molecule has 3 rings (SSSR count). The van der Waals surface area contributed by atoms with Crippen LogP contribution in [-0.2, 0) is 0 Å². The topological polar surface area (TPSA) is 20.5 Å². The number of aromatic nitrogens is 2. The van der Waals surface area contributed by atoms with Crippen molar-refractivity contribution in [1.82, 2.24) is 9.61 Å². The maximum absolute atomic E-state index is 4.28. The average molecular weight is 213 g/mol. The molecule has 2 aromatic rings. The lowest BCUT2D eigenvalue weighted by Crippen LogP contribution is -2.17. The summed E-state index contributed by atoms with van der Waals surface area (Å²) in [7, 11) is 0. The van der Waals surface area contributed by atoms with Crippen LogP contribution in [0.5, 0.6) is 0 Å². The van der Waals surface area contributed by atoms with Gasteiger partial charge in [0.05, 0.1) is 11.7 Å². The molecule has 0 aromatic carbocycles. The molecule has 3 heterocycles. The molecule has 3 heteroatoms. The summed E-state index contributed by atoms with van der Waals surface area (Å²) in [6.45, 7) is 6.16. The molecule has 1 saturated heterocycles. The molecule has 2 aromatic heterocycles. The first-order chi connectivity index (χ1) is 7.88. The van der Waals surface area contributed by atoms with E-state index in [0.717, 1.165) is 11.1 Å². The Morgan fingerprint density at radius 1 is 1.31 bits per heavy atom.